The first kappa shape index (κ1) is 72.4. The average molecular weight is 1070 g/mol. The minimum atomic E-state index is -3.54. The summed E-state index contributed by atoms with van der Waals surface area (Å²) < 4.78 is 46.8. The minimum absolute atomic E-state index is 0.0243. The lowest BCUT2D eigenvalue weighted by atomic mass is 10.1. The highest BCUT2D eigenvalue weighted by Gasteiger charge is 2.25. The van der Waals surface area contributed by atoms with Crippen molar-refractivity contribution in [2.75, 3.05) is 59.1 Å². The molecule has 0 aromatic heterocycles. The van der Waals surface area contributed by atoms with E-state index < -0.39 is 7.82 Å². The van der Waals surface area contributed by atoms with E-state index >= 15 is 0 Å². The number of unbranched alkanes of at least 4 members (excludes halogenated alkanes) is 21. The SMILES string of the molecule is CCCCCC(CC)OC(=O)CCCCCCCCN(CCCCCCCCC(=O)OC(CC)CCCCC)CCCN(CCCCCCCCC(=O)OC(CC)CCCCC)CCCOP(=O)(OCC)OCC. The van der Waals surface area contributed by atoms with E-state index in [1.165, 1.54) is 77.0 Å². The molecule has 0 fully saturated rings. The molecule has 74 heavy (non-hydrogen) atoms. The highest BCUT2D eigenvalue weighted by molar-refractivity contribution is 7.48. The molecule has 0 aliphatic rings. The summed E-state index contributed by atoms with van der Waals surface area (Å²) in [5.74, 6) is -0.0843. The number of phosphoric ester groups is 1. The van der Waals surface area contributed by atoms with Gasteiger partial charge in [-0.3, -0.25) is 28.0 Å². The van der Waals surface area contributed by atoms with E-state index in [9.17, 15) is 18.9 Å². The highest BCUT2D eigenvalue weighted by Crippen LogP contribution is 2.49. The smallest absolute Gasteiger partial charge is 0.462 e. The molecule has 0 aliphatic carbocycles. The molecular weight excluding hydrogens is 952 g/mol. The molecule has 3 unspecified atom stereocenters. The van der Waals surface area contributed by atoms with Crippen LogP contribution in [-0.2, 0) is 46.7 Å². The van der Waals surface area contributed by atoms with Crippen LogP contribution in [0.5, 0.6) is 0 Å². The van der Waals surface area contributed by atoms with Gasteiger partial charge in [-0.1, -0.05) is 157 Å². The lowest BCUT2D eigenvalue weighted by molar-refractivity contribution is -0.150. The predicted molar refractivity (Wildman–Crippen MR) is 309 cm³/mol. The number of carbonyl (C=O) groups excluding carboxylic acids is 3. The van der Waals surface area contributed by atoms with E-state index in [1.54, 1.807) is 13.8 Å². The fraction of sp³-hybridized carbons (Fsp3) is 0.951. The lowest BCUT2D eigenvalue weighted by Crippen LogP contribution is -2.33. The molecule has 0 radical (unpaired) electrons. The van der Waals surface area contributed by atoms with Gasteiger partial charge in [-0.05, 0) is 156 Å². The first-order valence-electron chi connectivity index (χ1n) is 31.6. The van der Waals surface area contributed by atoms with Gasteiger partial charge in [0, 0.05) is 25.8 Å². The standard InChI is InChI=1S/C61H121N2O10P/c1-9-17-32-43-56(12-4)71-59(64)46-35-26-20-23-29-38-49-62(50-39-30-24-21-27-36-47-60(65)72-57(13-5)44-33-18-10-2)52-41-53-63(54-42-55-70-74(67,68-15-7)69-16-8)51-40-31-25-22-28-37-48-61(66)73-58(14-6)45-34-19-11-3/h56-58H,9-55H2,1-8H3. The zero-order valence-electron chi connectivity index (χ0n) is 49.9. The van der Waals surface area contributed by atoms with Crippen molar-refractivity contribution in [3.8, 4) is 0 Å². The topological polar surface area (TPSA) is 130 Å². The summed E-state index contributed by atoms with van der Waals surface area (Å²) in [6, 6.07) is 0. The number of ether oxygens (including phenoxy) is 3. The molecule has 0 bridgehead atoms. The van der Waals surface area contributed by atoms with Gasteiger partial charge in [0.1, 0.15) is 18.3 Å². The summed E-state index contributed by atoms with van der Waals surface area (Å²) in [6.45, 7) is 23.6. The largest absolute Gasteiger partial charge is 0.474 e. The van der Waals surface area contributed by atoms with Gasteiger partial charge in [-0.2, -0.15) is 0 Å². The second kappa shape index (κ2) is 53.4. The summed E-state index contributed by atoms with van der Waals surface area (Å²) in [5.41, 5.74) is 0. The van der Waals surface area contributed by atoms with Crippen LogP contribution in [0, 0.1) is 0 Å². The van der Waals surface area contributed by atoms with E-state index in [0.717, 1.165) is 187 Å². The molecule has 13 heteroatoms. The second-order valence-electron chi connectivity index (χ2n) is 21.2. The van der Waals surface area contributed by atoms with Gasteiger partial charge in [0.25, 0.3) is 0 Å². The van der Waals surface area contributed by atoms with Crippen molar-refractivity contribution in [2.24, 2.45) is 0 Å². The van der Waals surface area contributed by atoms with Crippen molar-refractivity contribution in [3.05, 3.63) is 0 Å². The summed E-state index contributed by atoms with van der Waals surface area (Å²) in [7, 11) is -3.54. The summed E-state index contributed by atoms with van der Waals surface area (Å²) in [4.78, 5) is 42.7. The summed E-state index contributed by atoms with van der Waals surface area (Å²) >= 11 is 0. The Morgan fingerprint density at radius 1 is 0.338 bits per heavy atom. The third-order valence-corrected chi connectivity index (χ3v) is 16.0. The van der Waals surface area contributed by atoms with Crippen LogP contribution in [0.1, 0.15) is 299 Å². The van der Waals surface area contributed by atoms with Crippen molar-refractivity contribution < 1.29 is 46.7 Å². The van der Waals surface area contributed by atoms with Crippen molar-refractivity contribution in [1.82, 2.24) is 9.80 Å². The van der Waals surface area contributed by atoms with E-state index in [1.807, 2.05) is 0 Å². The molecule has 0 saturated carbocycles. The quantitative estimate of drug-likeness (QED) is 0.0249. The third kappa shape index (κ3) is 45.5. The predicted octanol–water partition coefficient (Wildman–Crippen LogP) is 17.5. The molecule has 0 N–H and O–H groups in total. The second-order valence-corrected chi connectivity index (χ2v) is 22.8. The van der Waals surface area contributed by atoms with Crippen LogP contribution in [0.25, 0.3) is 0 Å². The first-order chi connectivity index (χ1) is 36.0. The lowest BCUT2D eigenvalue weighted by Gasteiger charge is -2.26. The molecular formula is C61H121N2O10P. The number of esters is 3. The van der Waals surface area contributed by atoms with Crippen molar-refractivity contribution in [1.29, 1.82) is 0 Å². The average Bonchev–Trinajstić information content (AvgIpc) is 3.38. The molecule has 0 saturated heterocycles. The Morgan fingerprint density at radius 3 is 0.919 bits per heavy atom. The number of rotatable bonds is 58. The molecule has 0 aromatic carbocycles. The van der Waals surface area contributed by atoms with Crippen LogP contribution in [0.15, 0.2) is 0 Å². The minimum Gasteiger partial charge on any atom is -0.462 e. The molecule has 0 spiro atoms. The molecule has 12 nitrogen and oxygen atoms in total. The number of nitrogens with zero attached hydrogens (tertiary/aromatic N) is 2. The Labute approximate surface area is 457 Å². The van der Waals surface area contributed by atoms with Gasteiger partial charge < -0.3 is 24.0 Å². The van der Waals surface area contributed by atoms with Gasteiger partial charge >= 0.3 is 25.7 Å². The van der Waals surface area contributed by atoms with Crippen LogP contribution in [-0.4, -0.2) is 105 Å². The van der Waals surface area contributed by atoms with Crippen molar-refractivity contribution >= 4 is 25.7 Å². The van der Waals surface area contributed by atoms with Crippen LogP contribution in [0.2, 0.25) is 0 Å². The normalized spacial score (nSPS) is 13.2. The molecule has 0 amide bonds. The summed E-state index contributed by atoms with van der Waals surface area (Å²) in [5, 5.41) is 0. The van der Waals surface area contributed by atoms with Gasteiger partial charge in [0.2, 0.25) is 0 Å². The number of carbonyl (C=O) groups is 3. The molecule has 3 atom stereocenters. The van der Waals surface area contributed by atoms with Gasteiger partial charge in [0.15, 0.2) is 0 Å². The van der Waals surface area contributed by atoms with E-state index in [2.05, 4.69) is 51.3 Å². The summed E-state index contributed by atoms with van der Waals surface area (Å²) in [6.07, 6.45) is 39.8. The maximum atomic E-state index is 13.0. The van der Waals surface area contributed by atoms with E-state index in [0.29, 0.717) is 25.9 Å². The van der Waals surface area contributed by atoms with Gasteiger partial charge in [-0.15, -0.1) is 0 Å². The Kier molecular flexibility index (Phi) is 52.3. The molecule has 0 aliphatic heterocycles. The zero-order valence-corrected chi connectivity index (χ0v) is 50.8. The fourth-order valence-corrected chi connectivity index (χ4v) is 10.9. The van der Waals surface area contributed by atoms with Crippen molar-refractivity contribution in [2.45, 2.75) is 318 Å². The Balaban J connectivity index is 5.22. The van der Waals surface area contributed by atoms with Crippen LogP contribution < -0.4 is 0 Å². The fourth-order valence-electron chi connectivity index (χ4n) is 9.66. The zero-order chi connectivity index (χ0) is 54.6. The molecule has 440 valence electrons. The van der Waals surface area contributed by atoms with Crippen LogP contribution >= 0.6 is 7.82 Å². The highest BCUT2D eigenvalue weighted by atomic mass is 31.2. The Bertz CT molecular complexity index is 1250. The van der Waals surface area contributed by atoms with Crippen LogP contribution in [0.3, 0.4) is 0 Å². The van der Waals surface area contributed by atoms with E-state index in [4.69, 9.17) is 27.8 Å². The van der Waals surface area contributed by atoms with Gasteiger partial charge in [-0.25, -0.2) is 4.57 Å². The Hall–Kier alpha value is -1.56. The third-order valence-electron chi connectivity index (χ3n) is 14.4. The van der Waals surface area contributed by atoms with Crippen LogP contribution in [0.4, 0.5) is 0 Å². The maximum absolute atomic E-state index is 13.0. The van der Waals surface area contributed by atoms with Crippen molar-refractivity contribution in [3.63, 3.8) is 0 Å². The molecule has 0 heterocycles. The molecule has 0 aromatic rings. The monoisotopic (exact) mass is 1070 g/mol. The Morgan fingerprint density at radius 2 is 0.622 bits per heavy atom. The van der Waals surface area contributed by atoms with Gasteiger partial charge in [0.05, 0.1) is 19.8 Å². The first-order valence-corrected chi connectivity index (χ1v) is 33.1. The number of hydrogen-bond donors (Lipinski definition) is 0. The number of hydrogen-bond acceptors (Lipinski definition) is 12. The van der Waals surface area contributed by atoms with E-state index in [-0.39, 0.29) is 49.4 Å². The maximum Gasteiger partial charge on any atom is 0.474 e. The number of phosphoric acid groups is 1. The molecule has 0 rings (SSSR count).